The summed E-state index contributed by atoms with van der Waals surface area (Å²) in [4.78, 5) is 5.02. The standard InChI is InChI=1S/C31H40N2O2/c1-23(2)32-17-19-33(20-18-32)28-13-9-25(10-14-28)31(26-11-15-29(35)16-12-26)30(8-5-21-34)27-7-4-6-24(3)22-27/h4,7,9-16,22-24,34-35H,5-6,8,17-21H2,1-3H3/b31-30+/t24-/m1/s1. The Labute approximate surface area is 210 Å². The number of nitrogens with zero attached hydrogens (tertiary/aromatic N) is 2. The molecule has 0 saturated carbocycles. The largest absolute Gasteiger partial charge is 0.508 e. The molecule has 0 spiro atoms. The molecule has 2 aromatic carbocycles. The van der Waals surface area contributed by atoms with E-state index in [-0.39, 0.29) is 12.4 Å². The van der Waals surface area contributed by atoms with Crippen LogP contribution in [0.1, 0.15) is 51.2 Å². The first-order valence-electron chi connectivity index (χ1n) is 13.1. The summed E-state index contributed by atoms with van der Waals surface area (Å²) in [5.74, 6) is 0.762. The molecule has 1 heterocycles. The van der Waals surface area contributed by atoms with Crippen LogP contribution < -0.4 is 4.90 Å². The predicted octanol–water partition coefficient (Wildman–Crippen LogP) is 6.02. The van der Waals surface area contributed by atoms with Crippen LogP contribution in [0.25, 0.3) is 5.57 Å². The van der Waals surface area contributed by atoms with Crippen molar-refractivity contribution in [2.75, 3.05) is 37.7 Å². The van der Waals surface area contributed by atoms with Gasteiger partial charge in [0.15, 0.2) is 0 Å². The van der Waals surface area contributed by atoms with Gasteiger partial charge in [-0.05, 0) is 91.1 Å². The van der Waals surface area contributed by atoms with Crippen molar-refractivity contribution in [3.05, 3.63) is 89.0 Å². The van der Waals surface area contributed by atoms with Crippen molar-refractivity contribution in [3.63, 3.8) is 0 Å². The molecule has 1 atom stereocenters. The van der Waals surface area contributed by atoms with E-state index in [0.717, 1.165) is 44.6 Å². The summed E-state index contributed by atoms with van der Waals surface area (Å²) in [6.07, 6.45) is 9.42. The number of benzene rings is 2. The van der Waals surface area contributed by atoms with E-state index < -0.39 is 0 Å². The average Bonchev–Trinajstić information content (AvgIpc) is 2.87. The van der Waals surface area contributed by atoms with Crippen molar-refractivity contribution < 1.29 is 10.2 Å². The number of piperazine rings is 1. The number of aromatic hydroxyl groups is 1. The highest BCUT2D eigenvalue weighted by atomic mass is 16.3. The third-order valence-corrected chi connectivity index (χ3v) is 7.23. The van der Waals surface area contributed by atoms with Crippen LogP contribution in [0.2, 0.25) is 0 Å². The fourth-order valence-electron chi connectivity index (χ4n) is 5.19. The van der Waals surface area contributed by atoms with Crippen molar-refractivity contribution in [3.8, 4) is 5.75 Å². The second kappa shape index (κ2) is 11.7. The van der Waals surface area contributed by atoms with Gasteiger partial charge in [-0.15, -0.1) is 0 Å². The molecule has 0 radical (unpaired) electrons. The van der Waals surface area contributed by atoms with E-state index in [9.17, 15) is 10.2 Å². The molecule has 35 heavy (non-hydrogen) atoms. The summed E-state index contributed by atoms with van der Waals surface area (Å²) in [5, 5.41) is 19.6. The lowest BCUT2D eigenvalue weighted by Gasteiger charge is -2.38. The quantitative estimate of drug-likeness (QED) is 0.493. The molecular weight excluding hydrogens is 432 g/mol. The van der Waals surface area contributed by atoms with Gasteiger partial charge in [-0.25, -0.2) is 0 Å². The Bertz CT molecular complexity index is 1060. The van der Waals surface area contributed by atoms with Crippen LogP contribution in [0.4, 0.5) is 5.69 Å². The third kappa shape index (κ3) is 6.25. The summed E-state index contributed by atoms with van der Waals surface area (Å²) < 4.78 is 0. The Kier molecular flexibility index (Phi) is 8.48. The molecule has 186 valence electrons. The fraction of sp³-hybridized carbons (Fsp3) is 0.419. The summed E-state index contributed by atoms with van der Waals surface area (Å²) in [6.45, 7) is 11.3. The average molecular weight is 473 g/mol. The number of hydrogen-bond donors (Lipinski definition) is 2. The highest BCUT2D eigenvalue weighted by Gasteiger charge is 2.20. The Morgan fingerprint density at radius 3 is 2.14 bits per heavy atom. The summed E-state index contributed by atoms with van der Waals surface area (Å²) in [5.41, 5.74) is 7.20. The van der Waals surface area contributed by atoms with Crippen LogP contribution in [-0.4, -0.2) is 53.9 Å². The monoisotopic (exact) mass is 472 g/mol. The number of anilines is 1. The van der Waals surface area contributed by atoms with E-state index in [4.69, 9.17) is 0 Å². The van der Waals surface area contributed by atoms with E-state index in [1.165, 1.54) is 28.0 Å². The molecule has 1 aliphatic carbocycles. The van der Waals surface area contributed by atoms with Gasteiger partial charge < -0.3 is 15.1 Å². The van der Waals surface area contributed by atoms with Crippen molar-refractivity contribution in [2.24, 2.45) is 5.92 Å². The smallest absolute Gasteiger partial charge is 0.115 e. The molecule has 2 N–H and O–H groups in total. The van der Waals surface area contributed by atoms with Crippen LogP contribution in [0, 0.1) is 5.92 Å². The van der Waals surface area contributed by atoms with Gasteiger partial charge in [0.1, 0.15) is 5.75 Å². The number of aliphatic hydroxyl groups excluding tert-OH is 1. The van der Waals surface area contributed by atoms with Crippen molar-refractivity contribution >= 4 is 11.3 Å². The maximum Gasteiger partial charge on any atom is 0.115 e. The Morgan fingerprint density at radius 2 is 1.57 bits per heavy atom. The van der Waals surface area contributed by atoms with E-state index in [1.54, 1.807) is 12.1 Å². The lowest BCUT2D eigenvalue weighted by molar-refractivity contribution is 0.209. The van der Waals surface area contributed by atoms with Gasteiger partial charge in [0.25, 0.3) is 0 Å². The lowest BCUT2D eigenvalue weighted by atomic mass is 9.84. The zero-order chi connectivity index (χ0) is 24.8. The molecule has 0 aromatic heterocycles. The SMILES string of the molecule is CC(C)N1CCN(c2ccc(/C(=C(/CCCO)C3=C[C@H](C)CC=C3)c3ccc(O)cc3)cc2)CC1. The molecule has 1 saturated heterocycles. The van der Waals surface area contributed by atoms with E-state index in [1.807, 2.05) is 12.1 Å². The van der Waals surface area contributed by atoms with Gasteiger partial charge in [-0.2, -0.15) is 0 Å². The van der Waals surface area contributed by atoms with Crippen LogP contribution >= 0.6 is 0 Å². The number of allylic oxidation sites excluding steroid dienone is 5. The van der Waals surface area contributed by atoms with Gasteiger partial charge in [-0.1, -0.05) is 49.4 Å². The van der Waals surface area contributed by atoms with Crippen LogP contribution in [0.15, 0.2) is 77.9 Å². The Hall–Kier alpha value is -2.82. The number of aliphatic hydroxyl groups is 1. The highest BCUT2D eigenvalue weighted by molar-refractivity contribution is 5.86. The molecule has 0 unspecified atom stereocenters. The fourth-order valence-corrected chi connectivity index (χ4v) is 5.19. The zero-order valence-electron chi connectivity index (χ0n) is 21.5. The summed E-state index contributed by atoms with van der Waals surface area (Å²) in [7, 11) is 0. The molecule has 4 heteroatoms. The summed E-state index contributed by atoms with van der Waals surface area (Å²) in [6, 6.07) is 17.1. The first-order valence-corrected chi connectivity index (χ1v) is 13.1. The normalized spacial score (nSPS) is 19.6. The van der Waals surface area contributed by atoms with Gasteiger partial charge >= 0.3 is 0 Å². The molecule has 1 aliphatic heterocycles. The minimum atomic E-state index is 0.167. The molecule has 4 rings (SSSR count). The maximum atomic E-state index is 9.93. The highest BCUT2D eigenvalue weighted by Crippen LogP contribution is 2.37. The molecular formula is C31H40N2O2. The van der Waals surface area contributed by atoms with Crippen molar-refractivity contribution in [2.45, 2.75) is 46.1 Å². The molecule has 2 aromatic rings. The second-order valence-electron chi connectivity index (χ2n) is 10.1. The number of phenolic OH excluding ortho intramolecular Hbond substituents is 1. The van der Waals surface area contributed by atoms with Gasteiger partial charge in [0, 0.05) is 44.5 Å². The van der Waals surface area contributed by atoms with Gasteiger partial charge in [0.2, 0.25) is 0 Å². The Balaban J connectivity index is 1.72. The Morgan fingerprint density at radius 1 is 0.943 bits per heavy atom. The minimum Gasteiger partial charge on any atom is -0.508 e. The molecule has 1 fully saturated rings. The molecule has 0 amide bonds. The lowest BCUT2D eigenvalue weighted by Crippen LogP contribution is -2.48. The number of phenols is 1. The van der Waals surface area contributed by atoms with Crippen LogP contribution in [0.3, 0.4) is 0 Å². The summed E-state index contributed by atoms with van der Waals surface area (Å²) >= 11 is 0. The second-order valence-corrected chi connectivity index (χ2v) is 10.1. The third-order valence-electron chi connectivity index (χ3n) is 7.23. The number of rotatable bonds is 8. The topological polar surface area (TPSA) is 46.9 Å². The van der Waals surface area contributed by atoms with E-state index in [0.29, 0.717) is 18.4 Å². The van der Waals surface area contributed by atoms with Crippen molar-refractivity contribution in [1.29, 1.82) is 0 Å². The van der Waals surface area contributed by atoms with Crippen molar-refractivity contribution in [1.82, 2.24) is 4.90 Å². The molecule has 2 aliphatic rings. The van der Waals surface area contributed by atoms with Gasteiger partial charge in [0.05, 0.1) is 0 Å². The molecule has 0 bridgehead atoms. The van der Waals surface area contributed by atoms with E-state index >= 15 is 0 Å². The first-order chi connectivity index (χ1) is 17.0. The molecule has 4 nitrogen and oxygen atoms in total. The van der Waals surface area contributed by atoms with Crippen LogP contribution in [-0.2, 0) is 0 Å². The predicted molar refractivity (Wildman–Crippen MR) is 147 cm³/mol. The van der Waals surface area contributed by atoms with E-state index in [2.05, 4.69) is 73.1 Å². The minimum absolute atomic E-state index is 0.167. The zero-order valence-corrected chi connectivity index (χ0v) is 21.5. The first kappa shape index (κ1) is 25.3. The maximum absolute atomic E-state index is 9.93. The number of hydrogen-bond acceptors (Lipinski definition) is 4. The van der Waals surface area contributed by atoms with Crippen LogP contribution in [0.5, 0.6) is 5.75 Å². The van der Waals surface area contributed by atoms with Gasteiger partial charge in [-0.3, -0.25) is 4.90 Å².